The zero-order chi connectivity index (χ0) is 20.4. The minimum atomic E-state index is -3.72. The molecule has 0 unspecified atom stereocenters. The van der Waals surface area contributed by atoms with Crippen LogP contribution in [0, 0.1) is 0 Å². The Morgan fingerprint density at radius 3 is 2.52 bits per heavy atom. The molecule has 3 aromatic rings. The Kier molecular flexibility index (Phi) is 5.35. The van der Waals surface area contributed by atoms with Crippen molar-refractivity contribution in [1.82, 2.24) is 5.32 Å². The number of hydrogen-bond donors (Lipinski definition) is 2. The van der Waals surface area contributed by atoms with Crippen molar-refractivity contribution in [3.05, 3.63) is 70.1 Å². The fourth-order valence-electron chi connectivity index (χ4n) is 2.67. The van der Waals surface area contributed by atoms with Crippen LogP contribution in [0.3, 0.4) is 0 Å². The second kappa shape index (κ2) is 7.94. The summed E-state index contributed by atoms with van der Waals surface area (Å²) in [6.07, 6.45) is 0. The molecule has 0 fully saturated rings. The molecular weight excluding hydrogens is 436 g/mol. The Bertz CT molecular complexity index is 1160. The molecule has 0 aliphatic carbocycles. The SMILES string of the molecule is O=C(NCc1ccc2c(c1)OCO2)c1ccc(NS(=O)(=O)c2ccc(Cl)s2)cc1. The maximum absolute atomic E-state index is 12.4. The van der Waals surface area contributed by atoms with Gasteiger partial charge < -0.3 is 14.8 Å². The Balaban J connectivity index is 1.38. The number of carbonyl (C=O) groups excluding carboxylic acids is 1. The van der Waals surface area contributed by atoms with Crippen LogP contribution in [-0.2, 0) is 16.6 Å². The molecule has 1 aliphatic rings. The Hall–Kier alpha value is -2.75. The predicted molar refractivity (Wildman–Crippen MR) is 110 cm³/mol. The third-order valence-corrected chi connectivity index (χ3v) is 7.21. The van der Waals surface area contributed by atoms with Gasteiger partial charge in [0.05, 0.1) is 4.34 Å². The maximum Gasteiger partial charge on any atom is 0.271 e. The summed E-state index contributed by atoms with van der Waals surface area (Å²) in [6.45, 7) is 0.518. The number of hydrogen-bond acceptors (Lipinski definition) is 6. The third-order valence-electron chi connectivity index (χ3n) is 4.10. The summed E-state index contributed by atoms with van der Waals surface area (Å²) in [5.41, 5.74) is 1.64. The van der Waals surface area contributed by atoms with Crippen LogP contribution < -0.4 is 19.5 Å². The normalized spacial score (nSPS) is 12.6. The van der Waals surface area contributed by atoms with Crippen molar-refractivity contribution < 1.29 is 22.7 Å². The smallest absolute Gasteiger partial charge is 0.271 e. The molecule has 0 spiro atoms. The van der Waals surface area contributed by atoms with E-state index in [1.165, 1.54) is 24.3 Å². The lowest BCUT2D eigenvalue weighted by Crippen LogP contribution is -2.22. The molecule has 29 heavy (non-hydrogen) atoms. The molecule has 10 heteroatoms. The second-order valence-corrected chi connectivity index (χ2v) is 9.74. The molecule has 1 aromatic heterocycles. The summed E-state index contributed by atoms with van der Waals surface area (Å²) < 4.78 is 38.2. The molecule has 0 radical (unpaired) electrons. The van der Waals surface area contributed by atoms with E-state index >= 15 is 0 Å². The van der Waals surface area contributed by atoms with Gasteiger partial charge in [0, 0.05) is 17.8 Å². The Labute approximate surface area is 176 Å². The van der Waals surface area contributed by atoms with Gasteiger partial charge in [-0.2, -0.15) is 0 Å². The van der Waals surface area contributed by atoms with Crippen LogP contribution >= 0.6 is 22.9 Å². The first-order chi connectivity index (χ1) is 13.9. The van der Waals surface area contributed by atoms with Crippen LogP contribution in [0.1, 0.15) is 15.9 Å². The molecule has 150 valence electrons. The lowest BCUT2D eigenvalue weighted by Gasteiger charge is -2.09. The van der Waals surface area contributed by atoms with E-state index in [4.69, 9.17) is 21.1 Å². The fourth-order valence-corrected chi connectivity index (χ4v) is 5.21. The highest BCUT2D eigenvalue weighted by Gasteiger charge is 2.17. The van der Waals surface area contributed by atoms with Crippen LogP contribution in [-0.4, -0.2) is 21.1 Å². The molecule has 1 amide bonds. The lowest BCUT2D eigenvalue weighted by atomic mass is 10.1. The van der Waals surface area contributed by atoms with E-state index in [2.05, 4.69) is 10.0 Å². The van der Waals surface area contributed by atoms with E-state index < -0.39 is 10.0 Å². The standard InChI is InChI=1S/C19H15ClN2O5S2/c20-17-7-8-18(28-17)29(24,25)22-14-4-2-13(3-5-14)19(23)21-10-12-1-6-15-16(9-12)27-11-26-15/h1-9,22H,10-11H2,(H,21,23). The summed E-state index contributed by atoms with van der Waals surface area (Å²) >= 11 is 6.76. The molecule has 4 rings (SSSR count). The van der Waals surface area contributed by atoms with Crippen LogP contribution in [0.25, 0.3) is 0 Å². The fraction of sp³-hybridized carbons (Fsp3) is 0.105. The van der Waals surface area contributed by atoms with Crippen LogP contribution in [0.5, 0.6) is 11.5 Å². The van der Waals surface area contributed by atoms with Gasteiger partial charge in [0.25, 0.3) is 15.9 Å². The van der Waals surface area contributed by atoms with Gasteiger partial charge in [-0.3, -0.25) is 9.52 Å². The summed E-state index contributed by atoms with van der Waals surface area (Å²) in [7, 11) is -3.72. The first kappa shape index (κ1) is 19.6. The van der Waals surface area contributed by atoms with Crippen molar-refractivity contribution in [2.75, 3.05) is 11.5 Å². The predicted octanol–water partition coefficient (Wildman–Crippen LogP) is 3.86. The number of amides is 1. The summed E-state index contributed by atoms with van der Waals surface area (Å²) in [6, 6.07) is 14.6. The molecule has 2 aromatic carbocycles. The van der Waals surface area contributed by atoms with E-state index in [0.717, 1.165) is 16.9 Å². The van der Waals surface area contributed by atoms with Gasteiger partial charge in [-0.15, -0.1) is 11.3 Å². The number of fused-ring (bicyclic) bond motifs is 1. The number of nitrogens with one attached hydrogen (secondary N) is 2. The summed E-state index contributed by atoms with van der Waals surface area (Å²) in [4.78, 5) is 12.4. The molecule has 0 saturated heterocycles. The number of sulfonamides is 1. The van der Waals surface area contributed by atoms with Crippen LogP contribution in [0.4, 0.5) is 5.69 Å². The van der Waals surface area contributed by atoms with Gasteiger partial charge >= 0.3 is 0 Å². The van der Waals surface area contributed by atoms with E-state index in [9.17, 15) is 13.2 Å². The number of rotatable bonds is 6. The Morgan fingerprint density at radius 1 is 1.03 bits per heavy atom. The second-order valence-electron chi connectivity index (χ2n) is 6.11. The molecule has 0 saturated carbocycles. The molecule has 2 heterocycles. The molecule has 2 N–H and O–H groups in total. The molecule has 1 aliphatic heterocycles. The van der Waals surface area contributed by atoms with Crippen molar-refractivity contribution in [2.45, 2.75) is 10.8 Å². The van der Waals surface area contributed by atoms with Gasteiger partial charge in [0.2, 0.25) is 6.79 Å². The number of halogens is 1. The van der Waals surface area contributed by atoms with E-state index in [-0.39, 0.29) is 16.9 Å². The van der Waals surface area contributed by atoms with Crippen molar-refractivity contribution in [1.29, 1.82) is 0 Å². The van der Waals surface area contributed by atoms with Gasteiger partial charge in [-0.05, 0) is 54.1 Å². The van der Waals surface area contributed by atoms with E-state index in [1.807, 2.05) is 12.1 Å². The highest BCUT2D eigenvalue weighted by Crippen LogP contribution is 2.32. The van der Waals surface area contributed by atoms with Crippen molar-refractivity contribution in [2.24, 2.45) is 0 Å². The monoisotopic (exact) mass is 450 g/mol. The Morgan fingerprint density at radius 2 is 1.79 bits per heavy atom. The highest BCUT2D eigenvalue weighted by atomic mass is 35.5. The maximum atomic E-state index is 12.4. The van der Waals surface area contributed by atoms with Gasteiger partial charge in [-0.25, -0.2) is 8.42 Å². The van der Waals surface area contributed by atoms with E-state index in [1.54, 1.807) is 18.2 Å². The van der Waals surface area contributed by atoms with E-state index in [0.29, 0.717) is 33.6 Å². The number of thiophene rings is 1. The van der Waals surface area contributed by atoms with Crippen LogP contribution in [0.15, 0.2) is 58.8 Å². The average molecular weight is 451 g/mol. The average Bonchev–Trinajstić information content (AvgIpc) is 3.35. The first-order valence-corrected chi connectivity index (χ1v) is 11.1. The third kappa shape index (κ3) is 4.47. The molecule has 0 atom stereocenters. The highest BCUT2D eigenvalue weighted by molar-refractivity contribution is 7.94. The molecule has 7 nitrogen and oxygen atoms in total. The quantitative estimate of drug-likeness (QED) is 0.594. The zero-order valence-corrected chi connectivity index (χ0v) is 17.2. The minimum absolute atomic E-state index is 0.119. The minimum Gasteiger partial charge on any atom is -0.454 e. The zero-order valence-electron chi connectivity index (χ0n) is 14.8. The number of benzene rings is 2. The van der Waals surface area contributed by atoms with Crippen molar-refractivity contribution in [3.63, 3.8) is 0 Å². The summed E-state index contributed by atoms with van der Waals surface area (Å²) in [5, 5.41) is 2.82. The molecule has 0 bridgehead atoms. The largest absolute Gasteiger partial charge is 0.454 e. The van der Waals surface area contributed by atoms with Gasteiger partial charge in [0.15, 0.2) is 11.5 Å². The van der Waals surface area contributed by atoms with Crippen LogP contribution in [0.2, 0.25) is 4.34 Å². The first-order valence-electron chi connectivity index (χ1n) is 8.46. The topological polar surface area (TPSA) is 93.7 Å². The number of ether oxygens (including phenoxy) is 2. The van der Waals surface area contributed by atoms with Gasteiger partial charge in [0.1, 0.15) is 4.21 Å². The van der Waals surface area contributed by atoms with Crippen molar-refractivity contribution in [3.8, 4) is 11.5 Å². The molecular formula is C19H15ClN2O5S2. The number of carbonyl (C=O) groups is 1. The lowest BCUT2D eigenvalue weighted by molar-refractivity contribution is 0.0951. The van der Waals surface area contributed by atoms with Crippen molar-refractivity contribution >= 4 is 44.6 Å². The summed E-state index contributed by atoms with van der Waals surface area (Å²) in [5.74, 6) is 1.06. The number of anilines is 1. The van der Waals surface area contributed by atoms with Gasteiger partial charge in [-0.1, -0.05) is 17.7 Å².